The first-order valence-electron chi connectivity index (χ1n) is 3.59. The van der Waals surface area contributed by atoms with Crippen LogP contribution < -0.4 is 0 Å². The summed E-state index contributed by atoms with van der Waals surface area (Å²) in [5, 5.41) is 0. The minimum absolute atomic E-state index is 0.0105. The zero-order valence-electron chi connectivity index (χ0n) is 6.39. The first-order chi connectivity index (χ1) is 6.18. The van der Waals surface area contributed by atoms with Gasteiger partial charge in [0.05, 0.1) is 11.8 Å². The Labute approximate surface area is 81.1 Å². The number of rotatable bonds is 1. The van der Waals surface area contributed by atoms with Crippen LogP contribution in [0.3, 0.4) is 0 Å². The van der Waals surface area contributed by atoms with Crippen LogP contribution in [0.5, 0.6) is 0 Å². The van der Waals surface area contributed by atoms with E-state index in [0.29, 0.717) is 15.5 Å². The third-order valence-corrected chi connectivity index (χ3v) is 2.36. The SMILES string of the molecule is FC(F)c1cc(Br)c2nc[nH]c2c1. The lowest BCUT2D eigenvalue weighted by molar-refractivity contribution is 0.151. The number of aromatic amines is 1. The number of nitrogens with zero attached hydrogens (tertiary/aromatic N) is 1. The Morgan fingerprint density at radius 3 is 2.85 bits per heavy atom. The molecule has 13 heavy (non-hydrogen) atoms. The second-order valence-electron chi connectivity index (χ2n) is 2.60. The molecule has 1 aromatic carbocycles. The van der Waals surface area contributed by atoms with Crippen molar-refractivity contribution in [1.82, 2.24) is 9.97 Å². The van der Waals surface area contributed by atoms with Gasteiger partial charge in [0.2, 0.25) is 0 Å². The zero-order chi connectivity index (χ0) is 9.42. The molecule has 0 bridgehead atoms. The van der Waals surface area contributed by atoms with Crippen LogP contribution in [0.15, 0.2) is 22.9 Å². The maximum absolute atomic E-state index is 12.3. The molecule has 0 aliphatic rings. The van der Waals surface area contributed by atoms with E-state index in [1.165, 1.54) is 18.5 Å². The molecule has 0 atom stereocenters. The molecule has 0 radical (unpaired) electrons. The lowest BCUT2D eigenvalue weighted by atomic mass is 10.2. The summed E-state index contributed by atoms with van der Waals surface area (Å²) in [5.41, 5.74) is 1.28. The topological polar surface area (TPSA) is 28.7 Å². The van der Waals surface area contributed by atoms with Gasteiger partial charge in [-0.05, 0) is 28.1 Å². The highest BCUT2D eigenvalue weighted by atomic mass is 79.9. The summed E-state index contributed by atoms with van der Waals surface area (Å²) in [4.78, 5) is 6.75. The standard InChI is InChI=1S/C8H5BrF2N2/c9-5-1-4(8(10)11)2-6-7(5)13-3-12-6/h1-3,8H,(H,12,13). The van der Waals surface area contributed by atoms with E-state index in [1.54, 1.807) is 0 Å². The van der Waals surface area contributed by atoms with Gasteiger partial charge in [0.1, 0.15) is 5.52 Å². The highest BCUT2D eigenvalue weighted by Crippen LogP contribution is 2.28. The molecule has 0 amide bonds. The number of hydrogen-bond donors (Lipinski definition) is 1. The summed E-state index contributed by atoms with van der Waals surface area (Å²) in [5.74, 6) is 0. The first-order valence-corrected chi connectivity index (χ1v) is 4.38. The minimum atomic E-state index is -2.45. The second-order valence-corrected chi connectivity index (χ2v) is 3.46. The summed E-state index contributed by atoms with van der Waals surface area (Å²) < 4.78 is 25.2. The Hall–Kier alpha value is -0.970. The van der Waals surface area contributed by atoms with Crippen molar-refractivity contribution >= 4 is 27.0 Å². The van der Waals surface area contributed by atoms with Crippen LogP contribution in [0, 0.1) is 0 Å². The molecule has 0 spiro atoms. The average Bonchev–Trinajstić information content (AvgIpc) is 2.51. The van der Waals surface area contributed by atoms with Crippen LogP contribution in [0.1, 0.15) is 12.0 Å². The molecule has 0 saturated carbocycles. The van der Waals surface area contributed by atoms with Crippen LogP contribution in [-0.2, 0) is 0 Å². The maximum Gasteiger partial charge on any atom is 0.263 e. The van der Waals surface area contributed by atoms with Gasteiger partial charge in [-0.15, -0.1) is 0 Å². The molecule has 0 aliphatic heterocycles. The predicted molar refractivity (Wildman–Crippen MR) is 48.8 cm³/mol. The van der Waals surface area contributed by atoms with Gasteiger partial charge in [-0.3, -0.25) is 0 Å². The lowest BCUT2D eigenvalue weighted by Gasteiger charge is -2.00. The van der Waals surface area contributed by atoms with Crippen LogP contribution in [0.2, 0.25) is 0 Å². The molecule has 2 nitrogen and oxygen atoms in total. The number of benzene rings is 1. The van der Waals surface area contributed by atoms with Gasteiger partial charge in [0.25, 0.3) is 6.43 Å². The fraction of sp³-hybridized carbons (Fsp3) is 0.125. The smallest absolute Gasteiger partial charge is 0.263 e. The quantitative estimate of drug-likeness (QED) is 0.823. The molecule has 2 aromatic rings. The molecule has 1 aromatic heterocycles. The van der Waals surface area contributed by atoms with Crippen LogP contribution >= 0.6 is 15.9 Å². The third-order valence-electron chi connectivity index (χ3n) is 1.75. The Kier molecular flexibility index (Phi) is 2.03. The van der Waals surface area contributed by atoms with Crippen LogP contribution in [-0.4, -0.2) is 9.97 Å². The van der Waals surface area contributed by atoms with Crippen molar-refractivity contribution in [3.8, 4) is 0 Å². The molecule has 5 heteroatoms. The fourth-order valence-corrected chi connectivity index (χ4v) is 1.73. The first kappa shape index (κ1) is 8.62. The Balaban J connectivity index is 2.70. The number of aromatic nitrogens is 2. The molecule has 0 fully saturated rings. The molecule has 0 aliphatic carbocycles. The van der Waals surface area contributed by atoms with Crippen LogP contribution in [0.25, 0.3) is 11.0 Å². The Bertz CT molecular complexity index is 439. The molecule has 1 heterocycles. The monoisotopic (exact) mass is 246 g/mol. The van der Waals surface area contributed by atoms with Crippen molar-refractivity contribution in [3.63, 3.8) is 0 Å². The minimum Gasteiger partial charge on any atom is -0.345 e. The normalized spacial score (nSPS) is 11.4. The summed E-state index contributed by atoms with van der Waals surface area (Å²) in [6.45, 7) is 0. The fourth-order valence-electron chi connectivity index (χ4n) is 1.15. The number of halogens is 3. The van der Waals surface area contributed by atoms with E-state index in [2.05, 4.69) is 25.9 Å². The van der Waals surface area contributed by atoms with Gasteiger partial charge in [0, 0.05) is 10.0 Å². The number of H-pyrrole nitrogens is 1. The summed E-state index contributed by atoms with van der Waals surface area (Å²) >= 11 is 3.18. The van der Waals surface area contributed by atoms with Crippen LogP contribution in [0.4, 0.5) is 8.78 Å². The number of nitrogens with one attached hydrogen (secondary N) is 1. The maximum atomic E-state index is 12.3. The van der Waals surface area contributed by atoms with E-state index < -0.39 is 6.43 Å². The largest absolute Gasteiger partial charge is 0.345 e. The van der Waals surface area contributed by atoms with E-state index >= 15 is 0 Å². The average molecular weight is 247 g/mol. The third kappa shape index (κ3) is 1.44. The van der Waals surface area contributed by atoms with Crippen molar-refractivity contribution < 1.29 is 8.78 Å². The van der Waals surface area contributed by atoms with E-state index in [-0.39, 0.29) is 5.56 Å². The van der Waals surface area contributed by atoms with Gasteiger partial charge in [-0.2, -0.15) is 0 Å². The second kappa shape index (κ2) is 3.06. The van der Waals surface area contributed by atoms with Gasteiger partial charge in [-0.1, -0.05) is 0 Å². The molecular weight excluding hydrogens is 242 g/mol. The Morgan fingerprint density at radius 1 is 1.38 bits per heavy atom. The Morgan fingerprint density at radius 2 is 2.15 bits per heavy atom. The predicted octanol–water partition coefficient (Wildman–Crippen LogP) is 3.26. The van der Waals surface area contributed by atoms with E-state index in [9.17, 15) is 8.78 Å². The molecule has 1 N–H and O–H groups in total. The van der Waals surface area contributed by atoms with Crippen molar-refractivity contribution in [2.75, 3.05) is 0 Å². The number of alkyl halides is 2. The number of fused-ring (bicyclic) bond motifs is 1. The van der Waals surface area contributed by atoms with Gasteiger partial charge in [-0.25, -0.2) is 13.8 Å². The number of hydrogen-bond acceptors (Lipinski definition) is 1. The van der Waals surface area contributed by atoms with Gasteiger partial charge >= 0.3 is 0 Å². The van der Waals surface area contributed by atoms with E-state index in [4.69, 9.17) is 0 Å². The highest BCUT2D eigenvalue weighted by Gasteiger charge is 2.11. The lowest BCUT2D eigenvalue weighted by Crippen LogP contribution is -1.84. The summed E-state index contributed by atoms with van der Waals surface area (Å²) in [6.07, 6.45) is -0.978. The molecule has 0 saturated heterocycles. The van der Waals surface area contributed by atoms with Crippen molar-refractivity contribution in [1.29, 1.82) is 0 Å². The molecule has 0 unspecified atom stereocenters. The van der Waals surface area contributed by atoms with Crippen molar-refractivity contribution in [2.45, 2.75) is 6.43 Å². The molecule has 2 rings (SSSR count). The molecular formula is C8H5BrF2N2. The molecule has 68 valence electrons. The number of imidazole rings is 1. The van der Waals surface area contributed by atoms with E-state index in [1.807, 2.05) is 0 Å². The van der Waals surface area contributed by atoms with Crippen molar-refractivity contribution in [3.05, 3.63) is 28.5 Å². The van der Waals surface area contributed by atoms with Gasteiger partial charge < -0.3 is 4.98 Å². The summed E-state index contributed by atoms with van der Waals surface area (Å²) in [6, 6.07) is 2.78. The zero-order valence-corrected chi connectivity index (χ0v) is 7.98. The highest BCUT2D eigenvalue weighted by molar-refractivity contribution is 9.10. The van der Waals surface area contributed by atoms with E-state index in [0.717, 1.165) is 0 Å². The van der Waals surface area contributed by atoms with Gasteiger partial charge in [0.15, 0.2) is 0 Å². The summed E-state index contributed by atoms with van der Waals surface area (Å²) in [7, 11) is 0. The van der Waals surface area contributed by atoms with Crippen molar-refractivity contribution in [2.24, 2.45) is 0 Å².